The Morgan fingerprint density at radius 1 is 1.17 bits per heavy atom. The van der Waals surface area contributed by atoms with E-state index in [1.165, 1.54) is 36.4 Å². The Balaban J connectivity index is 2.06. The number of aryl methyl sites for hydroxylation is 1. The average Bonchev–Trinajstić information content (AvgIpc) is 3.30. The molecule has 2 aromatic rings. The summed E-state index contributed by atoms with van der Waals surface area (Å²) in [6.45, 7) is 6.77. The third-order valence-electron chi connectivity index (χ3n) is 4.98. The standard InChI is InChI=1S/C22H24FNO5S/c1-14-8-10-17(11-9-14)30(27,28)19-18(15-6-5-7-16(23)12-15)22(19,13-25)24-20(26)29-21(2,3)4/h5-13,18-19H,1-4H3,(H,24,26)/t18-,19-,22+/m1/s1. The monoisotopic (exact) mass is 433 g/mol. The zero-order valence-corrected chi connectivity index (χ0v) is 18.0. The lowest BCUT2D eigenvalue weighted by atomic mass is 10.1. The first-order valence-corrected chi connectivity index (χ1v) is 11.0. The van der Waals surface area contributed by atoms with Crippen LogP contribution in [0, 0.1) is 12.7 Å². The summed E-state index contributed by atoms with van der Waals surface area (Å²) in [5, 5.41) is 1.16. The molecule has 0 radical (unpaired) electrons. The van der Waals surface area contributed by atoms with E-state index < -0.39 is 44.1 Å². The van der Waals surface area contributed by atoms with Gasteiger partial charge in [0, 0.05) is 5.92 Å². The number of hydrogen-bond acceptors (Lipinski definition) is 5. The number of amides is 1. The van der Waals surface area contributed by atoms with E-state index in [-0.39, 0.29) is 4.90 Å². The predicted molar refractivity (Wildman–Crippen MR) is 109 cm³/mol. The fourth-order valence-electron chi connectivity index (χ4n) is 3.63. The molecule has 1 saturated carbocycles. The van der Waals surface area contributed by atoms with Crippen molar-refractivity contribution in [3.05, 3.63) is 65.5 Å². The van der Waals surface area contributed by atoms with E-state index in [0.29, 0.717) is 11.8 Å². The summed E-state index contributed by atoms with van der Waals surface area (Å²) in [6, 6.07) is 11.6. The number of carbonyl (C=O) groups is 2. The van der Waals surface area contributed by atoms with Crippen LogP contribution in [0.4, 0.5) is 9.18 Å². The number of carbonyl (C=O) groups excluding carboxylic acids is 2. The maximum Gasteiger partial charge on any atom is 0.408 e. The highest BCUT2D eigenvalue weighted by molar-refractivity contribution is 7.92. The van der Waals surface area contributed by atoms with E-state index in [2.05, 4.69) is 5.32 Å². The molecule has 160 valence electrons. The molecule has 0 aliphatic heterocycles. The number of hydrogen-bond donors (Lipinski definition) is 1. The van der Waals surface area contributed by atoms with Crippen LogP contribution in [-0.4, -0.2) is 37.2 Å². The van der Waals surface area contributed by atoms with Crippen molar-refractivity contribution in [3.63, 3.8) is 0 Å². The van der Waals surface area contributed by atoms with Crippen molar-refractivity contribution in [3.8, 4) is 0 Å². The number of benzene rings is 2. The Hall–Kier alpha value is -2.74. The molecule has 3 rings (SSSR count). The molecule has 0 aromatic heterocycles. The zero-order chi connectivity index (χ0) is 22.3. The topological polar surface area (TPSA) is 89.5 Å². The highest BCUT2D eigenvalue weighted by atomic mass is 32.2. The fourth-order valence-corrected chi connectivity index (χ4v) is 5.88. The summed E-state index contributed by atoms with van der Waals surface area (Å²) in [6.07, 6.45) is -0.513. The number of halogens is 1. The zero-order valence-electron chi connectivity index (χ0n) is 17.2. The number of sulfone groups is 1. The Morgan fingerprint density at radius 2 is 1.80 bits per heavy atom. The molecule has 0 saturated heterocycles. The van der Waals surface area contributed by atoms with Gasteiger partial charge in [0.1, 0.15) is 28.5 Å². The van der Waals surface area contributed by atoms with E-state index in [0.717, 1.165) is 5.56 Å². The minimum absolute atomic E-state index is 0.0224. The molecule has 1 aliphatic carbocycles. The van der Waals surface area contributed by atoms with Gasteiger partial charge in [0.25, 0.3) is 0 Å². The molecule has 30 heavy (non-hydrogen) atoms. The minimum atomic E-state index is -4.03. The maximum absolute atomic E-state index is 13.8. The smallest absolute Gasteiger partial charge is 0.408 e. The van der Waals surface area contributed by atoms with Gasteiger partial charge in [-0.25, -0.2) is 17.6 Å². The molecule has 1 fully saturated rings. The van der Waals surface area contributed by atoms with Crippen LogP contribution in [0.3, 0.4) is 0 Å². The number of aldehydes is 1. The van der Waals surface area contributed by atoms with Gasteiger partial charge in [0.15, 0.2) is 9.84 Å². The third-order valence-corrected chi connectivity index (χ3v) is 7.24. The Kier molecular flexibility index (Phi) is 5.49. The highest BCUT2D eigenvalue weighted by Gasteiger charge is 2.73. The van der Waals surface area contributed by atoms with Crippen LogP contribution in [0.15, 0.2) is 53.4 Å². The molecule has 2 aromatic carbocycles. The van der Waals surface area contributed by atoms with Crippen LogP contribution in [0.1, 0.15) is 37.8 Å². The molecular weight excluding hydrogens is 409 g/mol. The molecule has 0 heterocycles. The van der Waals surface area contributed by atoms with Gasteiger partial charge in [-0.2, -0.15) is 0 Å². The molecule has 8 heteroatoms. The van der Waals surface area contributed by atoms with Gasteiger partial charge < -0.3 is 14.8 Å². The maximum atomic E-state index is 13.8. The summed E-state index contributed by atoms with van der Waals surface area (Å²) < 4.78 is 45.8. The summed E-state index contributed by atoms with van der Waals surface area (Å²) in [5.74, 6) is -1.52. The molecule has 6 nitrogen and oxygen atoms in total. The second-order valence-electron chi connectivity index (χ2n) is 8.49. The number of ether oxygens (including phenoxy) is 1. The first-order valence-electron chi connectivity index (χ1n) is 9.44. The summed E-state index contributed by atoms with van der Waals surface area (Å²) in [7, 11) is -4.03. The van der Waals surface area contributed by atoms with Crippen LogP contribution in [0.5, 0.6) is 0 Å². The Morgan fingerprint density at radius 3 is 2.33 bits per heavy atom. The molecule has 0 spiro atoms. The van der Waals surface area contributed by atoms with Crippen LogP contribution in [-0.2, 0) is 19.4 Å². The molecule has 1 amide bonds. The van der Waals surface area contributed by atoms with Crippen LogP contribution in [0.25, 0.3) is 0 Å². The number of alkyl carbamates (subject to hydrolysis) is 1. The van der Waals surface area contributed by atoms with Gasteiger partial charge in [-0.1, -0.05) is 29.8 Å². The van der Waals surface area contributed by atoms with Crippen LogP contribution >= 0.6 is 0 Å². The van der Waals surface area contributed by atoms with E-state index >= 15 is 0 Å². The molecule has 0 bridgehead atoms. The van der Waals surface area contributed by atoms with Crippen LogP contribution in [0.2, 0.25) is 0 Å². The molecular formula is C22H24FNO5S. The lowest BCUT2D eigenvalue weighted by Gasteiger charge is -2.22. The Labute approximate surface area is 175 Å². The predicted octanol–water partition coefficient (Wildman–Crippen LogP) is 3.54. The summed E-state index contributed by atoms with van der Waals surface area (Å²) in [4.78, 5) is 24.6. The van der Waals surface area contributed by atoms with Gasteiger partial charge in [-0.05, 0) is 57.5 Å². The normalized spacial score (nSPS) is 23.5. The molecule has 0 unspecified atom stereocenters. The van der Waals surface area contributed by atoms with Gasteiger partial charge in [-0.15, -0.1) is 0 Å². The molecule has 3 atom stereocenters. The van der Waals surface area contributed by atoms with Crippen molar-refractivity contribution < 1.29 is 27.1 Å². The van der Waals surface area contributed by atoms with Crippen molar-refractivity contribution in [2.24, 2.45) is 0 Å². The second kappa shape index (κ2) is 7.50. The van der Waals surface area contributed by atoms with Crippen molar-refractivity contribution >= 4 is 22.2 Å². The van der Waals surface area contributed by atoms with Gasteiger partial charge >= 0.3 is 6.09 Å². The minimum Gasteiger partial charge on any atom is -0.444 e. The van der Waals surface area contributed by atoms with E-state index in [4.69, 9.17) is 4.74 Å². The van der Waals surface area contributed by atoms with Crippen molar-refractivity contribution in [2.75, 3.05) is 0 Å². The summed E-state index contributed by atoms with van der Waals surface area (Å²) in [5.41, 5.74) is -1.43. The Bertz CT molecular complexity index is 1080. The fraction of sp³-hybridized carbons (Fsp3) is 0.364. The van der Waals surface area contributed by atoms with E-state index in [1.54, 1.807) is 32.9 Å². The third kappa shape index (κ3) is 4.09. The first-order chi connectivity index (χ1) is 13.9. The van der Waals surface area contributed by atoms with Crippen LogP contribution < -0.4 is 5.32 Å². The van der Waals surface area contributed by atoms with Crippen molar-refractivity contribution in [2.45, 2.75) is 54.9 Å². The van der Waals surface area contributed by atoms with Crippen molar-refractivity contribution in [1.82, 2.24) is 5.32 Å². The highest BCUT2D eigenvalue weighted by Crippen LogP contribution is 2.56. The van der Waals surface area contributed by atoms with Crippen molar-refractivity contribution in [1.29, 1.82) is 0 Å². The van der Waals surface area contributed by atoms with E-state index in [1.807, 2.05) is 6.92 Å². The first kappa shape index (κ1) is 22.0. The molecule has 1 N–H and O–H groups in total. The largest absolute Gasteiger partial charge is 0.444 e. The van der Waals surface area contributed by atoms with Gasteiger partial charge in [0.05, 0.1) is 4.90 Å². The SMILES string of the molecule is Cc1ccc(S(=O)(=O)[C@@H]2[C@@H](c3cccc(F)c3)[C@]2(C=O)NC(=O)OC(C)(C)C)cc1. The quantitative estimate of drug-likeness (QED) is 0.729. The lowest BCUT2D eigenvalue weighted by Crippen LogP contribution is -2.45. The lowest BCUT2D eigenvalue weighted by molar-refractivity contribution is -0.110. The number of rotatable bonds is 5. The van der Waals surface area contributed by atoms with Gasteiger partial charge in [0.2, 0.25) is 0 Å². The second-order valence-corrected chi connectivity index (χ2v) is 10.6. The van der Waals surface area contributed by atoms with Gasteiger partial charge in [-0.3, -0.25) is 0 Å². The average molecular weight is 434 g/mol. The number of nitrogens with one attached hydrogen (secondary N) is 1. The summed E-state index contributed by atoms with van der Waals surface area (Å²) >= 11 is 0. The van der Waals surface area contributed by atoms with E-state index in [9.17, 15) is 22.4 Å². The molecule has 1 aliphatic rings.